The van der Waals surface area contributed by atoms with Gasteiger partial charge in [-0.15, -0.1) is 0 Å². The zero-order chi connectivity index (χ0) is 67.2. The van der Waals surface area contributed by atoms with Crippen molar-refractivity contribution in [1.82, 2.24) is 35.7 Å². The molecule has 7 heterocycles. The van der Waals surface area contributed by atoms with Gasteiger partial charge in [0.25, 0.3) is 17.4 Å². The minimum Gasteiger partial charge on any atom is -0.479 e. The number of aromatic nitrogens is 2. The van der Waals surface area contributed by atoms with Gasteiger partial charge in [0, 0.05) is 54.1 Å². The lowest BCUT2D eigenvalue weighted by Crippen LogP contribution is -2.64. The number of esters is 1. The summed E-state index contributed by atoms with van der Waals surface area (Å²) in [5, 5.41) is 106. The van der Waals surface area contributed by atoms with Crippen LogP contribution in [0.25, 0.3) is 22.3 Å². The monoisotopic (exact) mass is 1300 g/mol. The molecule has 0 unspecified atom stereocenters. The Labute approximate surface area is 523 Å². The van der Waals surface area contributed by atoms with Gasteiger partial charge in [-0.05, 0) is 79.5 Å². The van der Waals surface area contributed by atoms with Gasteiger partial charge in [-0.3, -0.25) is 38.5 Å². The van der Waals surface area contributed by atoms with E-state index in [1.54, 1.807) is 13.8 Å². The van der Waals surface area contributed by atoms with Crippen LogP contribution in [0.4, 0.5) is 14.9 Å². The van der Waals surface area contributed by atoms with Crippen molar-refractivity contribution in [2.24, 2.45) is 0 Å². The number of amides is 7. The van der Waals surface area contributed by atoms with Crippen molar-refractivity contribution < 1.29 is 122 Å². The number of cyclic esters (lactones) is 1. The molecular weight excluding hydrogens is 1240 g/mol. The summed E-state index contributed by atoms with van der Waals surface area (Å²) in [6, 6.07) is 4.11. The summed E-state index contributed by atoms with van der Waals surface area (Å²) >= 11 is 0. The summed E-state index contributed by atoms with van der Waals surface area (Å²) in [7, 11) is 0. The van der Waals surface area contributed by atoms with E-state index in [0.717, 1.165) is 12.2 Å². The van der Waals surface area contributed by atoms with Gasteiger partial charge in [-0.25, -0.2) is 28.6 Å². The second-order valence-electron chi connectivity index (χ2n) is 22.9. The van der Waals surface area contributed by atoms with Crippen LogP contribution in [0, 0.1) is 12.7 Å². The zero-order valence-corrected chi connectivity index (χ0v) is 49.2. The largest absolute Gasteiger partial charge is 0.479 e. The van der Waals surface area contributed by atoms with E-state index < -0.39 is 189 Å². The van der Waals surface area contributed by atoms with Crippen molar-refractivity contribution in [3.05, 3.63) is 97.6 Å². The molecule has 0 spiro atoms. The lowest BCUT2D eigenvalue weighted by atomic mass is 9.81. The Hall–Kier alpha value is -9.39. The highest BCUT2D eigenvalue weighted by molar-refractivity contribution is 6.14. The quantitative estimate of drug-likeness (QED) is 0.0253. The van der Waals surface area contributed by atoms with E-state index in [4.69, 9.17) is 28.7 Å². The number of nitrogens with one attached hydrogen (secondary N) is 5. The van der Waals surface area contributed by atoms with Crippen molar-refractivity contribution in [1.29, 1.82) is 0 Å². The molecule has 0 bridgehead atoms. The third kappa shape index (κ3) is 13.1. The number of pyridine rings is 2. The number of hydrogen-bond acceptors (Lipinski definition) is 24. The molecule has 4 aromatic rings. The first-order valence-corrected chi connectivity index (χ1v) is 29.2. The maximum Gasteiger partial charge on any atom is 0.407 e. The first kappa shape index (κ1) is 66.5. The SMILES string of the molecule is CC[C@@]1(O)C(=O)OCc2c1cc1n(c2=O)Cc2c-1nc1cc(F)c(C)c3c1c2[C@@H](NC(=O)OCc1ccc(O[C@@H]2O[C@H](C(=O)O)[C@@H](O)[C@H](O)[C@H]2O)c(NC(=O)CCNC(=O)[C@H](CCCC(=O)N[C@H]2O[C@H](C(=O)O)[C@@H](O)[C@H](O)[C@H]2O)NC(=O)CN2C(=O)C=CC2=O)c1)CC3. The van der Waals surface area contributed by atoms with E-state index in [1.165, 1.54) is 34.9 Å². The van der Waals surface area contributed by atoms with Gasteiger partial charge in [0.1, 0.15) is 74.0 Å². The molecular formula is C59H63FN8O25. The first-order chi connectivity index (χ1) is 44.1. The number of halogens is 1. The van der Waals surface area contributed by atoms with E-state index in [0.29, 0.717) is 32.5 Å². The van der Waals surface area contributed by atoms with Crippen LogP contribution in [0.1, 0.15) is 90.4 Å². The molecule has 2 aromatic heterocycles. The van der Waals surface area contributed by atoms with Crippen LogP contribution in [-0.2, 0) is 93.9 Å². The molecule has 7 amide bonds. The number of aliphatic carboxylic acids is 2. The van der Waals surface area contributed by atoms with E-state index in [2.05, 4.69) is 26.6 Å². The highest BCUT2D eigenvalue weighted by atomic mass is 19.1. The second kappa shape index (κ2) is 26.7. The van der Waals surface area contributed by atoms with Crippen LogP contribution in [0.5, 0.6) is 5.75 Å². The molecule has 0 radical (unpaired) electrons. The highest BCUT2D eigenvalue weighted by Gasteiger charge is 2.50. The smallest absolute Gasteiger partial charge is 0.407 e. The summed E-state index contributed by atoms with van der Waals surface area (Å²) < 4.78 is 44.1. The number of benzene rings is 2. The third-order valence-corrected chi connectivity index (χ3v) is 17.0. The molecule has 34 heteroatoms. The van der Waals surface area contributed by atoms with Crippen molar-refractivity contribution >= 4 is 76.0 Å². The third-order valence-electron chi connectivity index (χ3n) is 17.0. The second-order valence-corrected chi connectivity index (χ2v) is 22.9. The fourth-order valence-electron chi connectivity index (χ4n) is 11.9. The molecule has 0 saturated carbocycles. The van der Waals surface area contributed by atoms with E-state index >= 15 is 4.39 Å². The average Bonchev–Trinajstić information content (AvgIpc) is 1.61. The maximum atomic E-state index is 15.6. The maximum absolute atomic E-state index is 15.6. The number of aliphatic hydroxyl groups excluding tert-OH is 6. The van der Waals surface area contributed by atoms with Crippen molar-refractivity contribution in [3.8, 4) is 17.1 Å². The van der Waals surface area contributed by atoms with Crippen molar-refractivity contribution in [2.75, 3.05) is 18.4 Å². The van der Waals surface area contributed by atoms with Gasteiger partial charge in [0.05, 0.1) is 40.7 Å². The van der Waals surface area contributed by atoms with Crippen LogP contribution in [0.2, 0.25) is 0 Å². The highest BCUT2D eigenvalue weighted by Crippen LogP contribution is 2.46. The minimum atomic E-state index is -2.14. The van der Waals surface area contributed by atoms with E-state index in [-0.39, 0.29) is 83.7 Å². The standard InChI is InChI=1S/C59H63FN8O25/c1-3-59(88)27-16-33-42-25(18-67(33)53(81)26(27)21-89-57(59)86)41-29(9-8-24-22(2)28(60)17-32(64-42)40(24)41)65-58(87)90-20-23-7-10-34(91-56-48(79)44(75)46(77)50(93-56)55(84)85)31(15-23)63-36(70)13-14-61-51(80)30(62-37(71)19-68-38(72)11-12-39(68)73)5-4-6-35(69)66-52-47(78)43(74)45(76)49(92-52)54(82)83/h7,10-12,15-17,29-30,43-50,52,56,74-79,88H,3-6,8-9,13-14,18-21H2,1-2H3,(H,61,80)(H,62,71)(H,63,70)(H,65,87)(H,66,69)(H,82,83)(H,84,85)/t29-,30-,43-,44-,45-,46-,47+,48+,49-,50-,52-,56+,59-/m0/s1. The summed E-state index contributed by atoms with van der Waals surface area (Å²) in [5.74, 6) is -10.7. The number of carbonyl (C=O) groups excluding carboxylic acids is 8. The number of carboxylic acids is 2. The summed E-state index contributed by atoms with van der Waals surface area (Å²) in [6.45, 7) is 0.832. The van der Waals surface area contributed by atoms with Gasteiger partial charge in [-0.1, -0.05) is 13.0 Å². The van der Waals surface area contributed by atoms with Gasteiger partial charge in [0.2, 0.25) is 29.9 Å². The number of ether oxygens (including phenoxy) is 5. The van der Waals surface area contributed by atoms with E-state index in [9.17, 15) is 98.7 Å². The summed E-state index contributed by atoms with van der Waals surface area (Å²) in [4.78, 5) is 148. The topological polar surface area (TPSA) is 497 Å². The normalized spacial score (nSPS) is 26.2. The number of fused-ring (bicyclic) bond motifs is 5. The van der Waals surface area contributed by atoms with Gasteiger partial charge in [0.15, 0.2) is 24.0 Å². The fraction of sp³-hybridized carbons (Fsp3) is 0.458. The molecule has 93 heavy (non-hydrogen) atoms. The molecule has 14 N–H and O–H groups in total. The first-order valence-electron chi connectivity index (χ1n) is 29.2. The lowest BCUT2D eigenvalue weighted by Gasteiger charge is -2.38. The Bertz CT molecular complexity index is 3860. The molecule has 1 aliphatic carbocycles. The number of nitrogens with zero attached hydrogens (tertiary/aromatic N) is 3. The number of hydrogen-bond donors (Lipinski definition) is 14. The molecule has 10 rings (SSSR count). The Kier molecular flexibility index (Phi) is 19.1. The number of rotatable bonds is 21. The molecule has 496 valence electrons. The Morgan fingerprint density at radius 3 is 2.19 bits per heavy atom. The molecule has 2 saturated heterocycles. The van der Waals surface area contributed by atoms with Crippen LogP contribution in [-0.4, -0.2) is 200 Å². The van der Waals surface area contributed by atoms with Crippen molar-refractivity contribution in [3.63, 3.8) is 0 Å². The Morgan fingerprint density at radius 1 is 0.817 bits per heavy atom. The van der Waals surface area contributed by atoms with Gasteiger partial charge >= 0.3 is 24.0 Å². The number of aliphatic hydroxyl groups is 7. The van der Waals surface area contributed by atoms with Gasteiger partial charge in [-0.2, -0.15) is 0 Å². The fourth-order valence-corrected chi connectivity index (χ4v) is 11.9. The number of carbonyl (C=O) groups is 10. The minimum absolute atomic E-state index is 0.0506. The average molecular weight is 1300 g/mol. The number of imide groups is 1. The lowest BCUT2D eigenvalue weighted by molar-refractivity contribution is -0.271. The molecule has 5 aliphatic heterocycles. The number of carboxylic acid groups (broad SMARTS) is 2. The Balaban J connectivity index is 0.840. The van der Waals surface area contributed by atoms with Crippen LogP contribution >= 0.6 is 0 Å². The predicted molar refractivity (Wildman–Crippen MR) is 305 cm³/mol. The predicted octanol–water partition coefficient (Wildman–Crippen LogP) is -3.25. The number of anilines is 1. The molecule has 33 nitrogen and oxygen atoms in total. The van der Waals surface area contributed by atoms with Crippen LogP contribution in [0.3, 0.4) is 0 Å². The summed E-state index contributed by atoms with van der Waals surface area (Å²) in [5.41, 5.74) is -0.0374. The molecule has 2 aromatic carbocycles. The molecule has 2 fully saturated rings. The van der Waals surface area contributed by atoms with Gasteiger partial charge < -0.3 is 101 Å². The molecule has 6 aliphatic rings. The Morgan fingerprint density at radius 2 is 1.51 bits per heavy atom. The van der Waals surface area contributed by atoms with Crippen LogP contribution in [0.15, 0.2) is 47.3 Å². The number of aryl methyl sites for hydroxylation is 1. The number of alkyl carbamates (subject to hydrolysis) is 1. The zero-order valence-electron chi connectivity index (χ0n) is 49.2. The van der Waals surface area contributed by atoms with Crippen molar-refractivity contribution in [2.45, 2.75) is 158 Å². The van der Waals surface area contributed by atoms with Crippen LogP contribution < -0.4 is 36.9 Å². The van der Waals surface area contributed by atoms with E-state index in [1.807, 2.05) is 0 Å². The summed E-state index contributed by atoms with van der Waals surface area (Å²) in [6.07, 6.45) is -20.8. The molecule has 13 atom stereocenters.